The van der Waals surface area contributed by atoms with Crippen molar-refractivity contribution in [1.82, 2.24) is 0 Å². The van der Waals surface area contributed by atoms with Crippen molar-refractivity contribution in [3.63, 3.8) is 0 Å². The Balaban J connectivity index is 2.17. The molecule has 11 heteroatoms. The van der Waals surface area contributed by atoms with E-state index in [1.54, 1.807) is 0 Å². The van der Waals surface area contributed by atoms with Crippen LogP contribution in [0.2, 0.25) is 5.02 Å². The third-order valence-corrected chi connectivity index (χ3v) is 6.93. The van der Waals surface area contributed by atoms with Crippen molar-refractivity contribution in [3.8, 4) is 11.5 Å². The summed E-state index contributed by atoms with van der Waals surface area (Å²) in [4.78, 5) is 11.7. The van der Waals surface area contributed by atoms with Gasteiger partial charge < -0.3 is 15.2 Å². The number of ether oxygens (including phenoxy) is 2. The number of sulfonamides is 1. The number of anilines is 1. The average Bonchev–Trinajstić information content (AvgIpc) is 2.79. The number of carbonyl (C=O) groups is 1. The van der Waals surface area contributed by atoms with E-state index in [2.05, 4.69) is 0 Å². The maximum absolute atomic E-state index is 14.3. The number of carbonyl (C=O) groups excluding carboxylic acids is 1. The van der Waals surface area contributed by atoms with Gasteiger partial charge >= 0.3 is 0 Å². The normalized spacial score (nSPS) is 11.2. The minimum atomic E-state index is -4.37. The van der Waals surface area contributed by atoms with Gasteiger partial charge in [0.15, 0.2) is 11.5 Å². The molecule has 0 atom stereocenters. The van der Waals surface area contributed by atoms with Crippen LogP contribution >= 0.6 is 11.6 Å². The van der Waals surface area contributed by atoms with Crippen LogP contribution in [-0.4, -0.2) is 35.1 Å². The van der Waals surface area contributed by atoms with Gasteiger partial charge in [-0.1, -0.05) is 11.6 Å². The fourth-order valence-corrected chi connectivity index (χ4v) is 5.05. The smallest absolute Gasteiger partial charge is 0.264 e. The predicted molar refractivity (Wildman–Crippen MR) is 124 cm³/mol. The molecule has 3 aromatic rings. The van der Waals surface area contributed by atoms with Gasteiger partial charge in [-0.25, -0.2) is 17.2 Å². The molecule has 1 amide bonds. The monoisotopic (exact) mass is 510 g/mol. The van der Waals surface area contributed by atoms with Gasteiger partial charge in [-0.2, -0.15) is 0 Å². The van der Waals surface area contributed by atoms with Crippen LogP contribution in [0.3, 0.4) is 0 Å². The number of methoxy groups -OCH3 is 2. The van der Waals surface area contributed by atoms with Crippen molar-refractivity contribution in [3.05, 3.63) is 82.4 Å². The van der Waals surface area contributed by atoms with Crippen LogP contribution in [-0.2, 0) is 21.2 Å². The number of nitrogens with two attached hydrogens (primary N) is 1. The lowest BCUT2D eigenvalue weighted by Gasteiger charge is -2.26. The van der Waals surface area contributed by atoms with E-state index in [1.807, 2.05) is 0 Å². The molecule has 0 aromatic heterocycles. The molecule has 0 saturated carbocycles. The zero-order valence-corrected chi connectivity index (χ0v) is 19.8. The zero-order chi connectivity index (χ0) is 25.0. The highest BCUT2D eigenvalue weighted by Crippen LogP contribution is 2.34. The molecule has 0 fully saturated rings. The summed E-state index contributed by atoms with van der Waals surface area (Å²) in [6.07, 6.45) is -0.198. The van der Waals surface area contributed by atoms with E-state index in [1.165, 1.54) is 50.6 Å². The highest BCUT2D eigenvalue weighted by molar-refractivity contribution is 7.92. The molecule has 180 valence electrons. The van der Waals surface area contributed by atoms with Crippen LogP contribution in [0, 0.1) is 11.6 Å². The van der Waals surface area contributed by atoms with Crippen LogP contribution in [0.25, 0.3) is 0 Å². The van der Waals surface area contributed by atoms with E-state index >= 15 is 0 Å². The Bertz CT molecular complexity index is 1330. The Morgan fingerprint density at radius 3 is 2.32 bits per heavy atom. The SMILES string of the molecule is COc1ccc(S(=O)(=O)N(CC(N)=O)c2ccc(Cl)cc2Cc2cc(F)ccc2F)cc1OC. The summed E-state index contributed by atoms with van der Waals surface area (Å²) in [7, 11) is -1.62. The van der Waals surface area contributed by atoms with E-state index in [9.17, 15) is 22.0 Å². The second-order valence-electron chi connectivity index (χ2n) is 7.18. The minimum absolute atomic E-state index is 0.0222. The summed E-state index contributed by atoms with van der Waals surface area (Å²) in [5.74, 6) is -1.82. The molecule has 0 unspecified atom stereocenters. The molecule has 0 radical (unpaired) electrons. The van der Waals surface area contributed by atoms with Crippen LogP contribution in [0.1, 0.15) is 11.1 Å². The number of hydrogen-bond acceptors (Lipinski definition) is 5. The van der Waals surface area contributed by atoms with Gasteiger partial charge in [-0.3, -0.25) is 9.10 Å². The summed E-state index contributed by atoms with van der Waals surface area (Å²) < 4.78 is 66.4. The van der Waals surface area contributed by atoms with Gasteiger partial charge in [0.25, 0.3) is 10.0 Å². The van der Waals surface area contributed by atoms with Crippen molar-refractivity contribution in [2.24, 2.45) is 5.73 Å². The first-order valence-corrected chi connectivity index (χ1v) is 11.6. The van der Waals surface area contributed by atoms with E-state index in [-0.39, 0.29) is 38.9 Å². The minimum Gasteiger partial charge on any atom is -0.493 e. The Hall–Kier alpha value is -3.37. The van der Waals surface area contributed by atoms with Crippen LogP contribution in [0.5, 0.6) is 11.5 Å². The molecule has 0 saturated heterocycles. The maximum Gasteiger partial charge on any atom is 0.264 e. The molecule has 0 spiro atoms. The molecular formula is C23H21ClF2N2O5S. The first-order chi connectivity index (χ1) is 16.1. The van der Waals surface area contributed by atoms with Gasteiger partial charge in [-0.05, 0) is 59.7 Å². The van der Waals surface area contributed by atoms with Gasteiger partial charge in [0.05, 0.1) is 24.8 Å². The third-order valence-electron chi connectivity index (χ3n) is 4.94. The lowest BCUT2D eigenvalue weighted by atomic mass is 10.0. The molecule has 0 aliphatic carbocycles. The number of halogens is 3. The fourth-order valence-electron chi connectivity index (χ4n) is 3.37. The Labute approximate surface area is 200 Å². The van der Waals surface area contributed by atoms with Gasteiger partial charge in [-0.15, -0.1) is 0 Å². The summed E-state index contributed by atoms with van der Waals surface area (Å²) in [6, 6.07) is 11.1. The summed E-state index contributed by atoms with van der Waals surface area (Å²) in [5.41, 5.74) is 5.60. The number of rotatable bonds is 9. The molecule has 7 nitrogen and oxygen atoms in total. The molecule has 3 aromatic carbocycles. The molecule has 2 N–H and O–H groups in total. The molecule has 0 heterocycles. The number of hydrogen-bond donors (Lipinski definition) is 1. The standard InChI is InChI=1S/C23H21ClF2N2O5S/c1-32-21-8-5-18(12-22(21)33-2)34(30,31)28(13-23(27)29)20-7-3-16(24)10-15(20)9-14-11-17(25)4-6-19(14)26/h3-8,10-12H,9,13H2,1-2H3,(H2,27,29). The van der Waals surface area contributed by atoms with Gasteiger partial charge in [0, 0.05) is 17.5 Å². The molecule has 0 bridgehead atoms. The quantitative estimate of drug-likeness (QED) is 0.470. The molecule has 0 aliphatic heterocycles. The van der Waals surface area contributed by atoms with Gasteiger partial charge in [0.2, 0.25) is 5.91 Å². The van der Waals surface area contributed by atoms with Gasteiger partial charge in [0.1, 0.15) is 18.2 Å². The van der Waals surface area contributed by atoms with E-state index < -0.39 is 34.1 Å². The van der Waals surface area contributed by atoms with Crippen LogP contribution in [0.15, 0.2) is 59.5 Å². The van der Waals surface area contributed by atoms with E-state index in [4.69, 9.17) is 26.8 Å². The van der Waals surface area contributed by atoms with Crippen LogP contribution in [0.4, 0.5) is 14.5 Å². The Kier molecular flexibility index (Phi) is 7.63. The van der Waals surface area contributed by atoms with Crippen molar-refractivity contribution in [2.45, 2.75) is 11.3 Å². The van der Waals surface area contributed by atoms with Crippen molar-refractivity contribution < 1.29 is 31.5 Å². The first kappa shape index (κ1) is 25.3. The second kappa shape index (κ2) is 10.3. The zero-order valence-electron chi connectivity index (χ0n) is 18.2. The Morgan fingerprint density at radius 1 is 0.971 bits per heavy atom. The fraction of sp³-hybridized carbons (Fsp3) is 0.174. The average molecular weight is 511 g/mol. The molecule has 3 rings (SSSR count). The second-order valence-corrected chi connectivity index (χ2v) is 9.48. The largest absolute Gasteiger partial charge is 0.493 e. The first-order valence-electron chi connectivity index (χ1n) is 9.82. The highest BCUT2D eigenvalue weighted by atomic mass is 35.5. The Morgan fingerprint density at radius 2 is 1.68 bits per heavy atom. The van der Waals surface area contributed by atoms with Crippen molar-refractivity contribution >= 4 is 33.2 Å². The maximum atomic E-state index is 14.3. The topological polar surface area (TPSA) is 98.9 Å². The number of nitrogens with zero attached hydrogens (tertiary/aromatic N) is 1. The number of benzene rings is 3. The molecule has 0 aliphatic rings. The van der Waals surface area contributed by atoms with E-state index in [0.29, 0.717) is 5.75 Å². The van der Waals surface area contributed by atoms with Crippen molar-refractivity contribution in [2.75, 3.05) is 25.1 Å². The number of amides is 1. The van der Waals surface area contributed by atoms with Crippen molar-refractivity contribution in [1.29, 1.82) is 0 Å². The van der Waals surface area contributed by atoms with Crippen LogP contribution < -0.4 is 19.5 Å². The summed E-state index contributed by atoms with van der Waals surface area (Å²) in [6.45, 7) is -0.711. The predicted octanol–water partition coefficient (Wildman–Crippen LogP) is 3.91. The lowest BCUT2D eigenvalue weighted by molar-refractivity contribution is -0.116. The lowest BCUT2D eigenvalue weighted by Crippen LogP contribution is -2.39. The molecule has 34 heavy (non-hydrogen) atoms. The number of primary amides is 1. The highest BCUT2D eigenvalue weighted by Gasteiger charge is 2.29. The molecular weight excluding hydrogens is 490 g/mol. The summed E-state index contributed by atoms with van der Waals surface area (Å²) >= 11 is 6.11. The van der Waals surface area contributed by atoms with E-state index in [0.717, 1.165) is 22.5 Å². The summed E-state index contributed by atoms with van der Waals surface area (Å²) in [5, 5.41) is 0.234. The third kappa shape index (κ3) is 5.40.